The smallest absolute Gasteiger partial charge is 0.237 e. The molecule has 116 valence electrons. The van der Waals surface area contributed by atoms with Gasteiger partial charge in [-0.3, -0.25) is 4.79 Å². The van der Waals surface area contributed by atoms with Gasteiger partial charge in [0, 0.05) is 11.8 Å². The van der Waals surface area contributed by atoms with Crippen molar-refractivity contribution in [2.75, 3.05) is 5.75 Å². The summed E-state index contributed by atoms with van der Waals surface area (Å²) in [4.78, 5) is 11.6. The Kier molecular flexibility index (Phi) is 6.12. The summed E-state index contributed by atoms with van der Waals surface area (Å²) in [5.74, 6) is 1.98. The summed E-state index contributed by atoms with van der Waals surface area (Å²) in [5.41, 5.74) is 6.41. The second kappa shape index (κ2) is 7.85. The van der Waals surface area contributed by atoms with Crippen LogP contribution in [0.25, 0.3) is 0 Å². The van der Waals surface area contributed by atoms with Gasteiger partial charge in [-0.2, -0.15) is 11.8 Å². The number of rotatable bonds is 10. The summed E-state index contributed by atoms with van der Waals surface area (Å²) < 4.78 is 0. The molecule has 3 N–H and O–H groups in total. The van der Waals surface area contributed by atoms with Crippen molar-refractivity contribution in [3.63, 3.8) is 0 Å². The summed E-state index contributed by atoms with van der Waals surface area (Å²) in [6.45, 7) is 1.95. The Hall–Kier alpha value is -1.00. The van der Waals surface area contributed by atoms with Crippen molar-refractivity contribution in [3.05, 3.63) is 35.9 Å². The fourth-order valence-corrected chi connectivity index (χ4v) is 3.37. The average Bonchev–Trinajstić information content (AvgIpc) is 3.27. The topological polar surface area (TPSA) is 55.1 Å². The van der Waals surface area contributed by atoms with E-state index in [2.05, 4.69) is 29.6 Å². The molecular weight excluding hydrogens is 280 g/mol. The number of benzene rings is 1. The first kappa shape index (κ1) is 16.4. The molecule has 1 aliphatic rings. The number of carbonyl (C=O) groups excluding carboxylic acids is 1. The number of amides is 1. The zero-order valence-electron chi connectivity index (χ0n) is 12.8. The maximum Gasteiger partial charge on any atom is 0.237 e. The third-order valence-electron chi connectivity index (χ3n) is 3.97. The molecule has 2 rings (SSSR count). The Bertz CT molecular complexity index is 447. The molecule has 1 aliphatic carbocycles. The van der Waals surface area contributed by atoms with Gasteiger partial charge >= 0.3 is 0 Å². The van der Waals surface area contributed by atoms with Gasteiger partial charge in [0.05, 0.1) is 5.54 Å². The van der Waals surface area contributed by atoms with Gasteiger partial charge in [-0.25, -0.2) is 0 Å². The molecule has 0 aromatic heterocycles. The van der Waals surface area contributed by atoms with Crippen molar-refractivity contribution in [3.8, 4) is 0 Å². The van der Waals surface area contributed by atoms with Crippen molar-refractivity contribution in [1.82, 2.24) is 5.32 Å². The highest BCUT2D eigenvalue weighted by Gasteiger charge is 2.36. The molecule has 0 bridgehead atoms. The minimum absolute atomic E-state index is 0.216. The molecule has 1 unspecified atom stereocenters. The molecule has 1 aromatic carbocycles. The first-order valence-electron chi connectivity index (χ1n) is 7.79. The quantitative estimate of drug-likeness (QED) is 0.653. The maximum atomic E-state index is 11.6. The van der Waals surface area contributed by atoms with Crippen LogP contribution in [0, 0.1) is 0 Å². The third kappa shape index (κ3) is 5.71. The lowest BCUT2D eigenvalue weighted by atomic mass is 9.94. The minimum atomic E-state index is -0.523. The van der Waals surface area contributed by atoms with Crippen molar-refractivity contribution < 1.29 is 4.79 Å². The van der Waals surface area contributed by atoms with Crippen LogP contribution in [-0.4, -0.2) is 23.2 Å². The number of carbonyl (C=O) groups is 1. The maximum absolute atomic E-state index is 11.6. The highest BCUT2D eigenvalue weighted by atomic mass is 32.2. The minimum Gasteiger partial charge on any atom is -0.368 e. The second-order valence-corrected chi connectivity index (χ2v) is 7.22. The molecule has 1 amide bonds. The second-order valence-electron chi connectivity index (χ2n) is 6.11. The number of hydrogen-bond acceptors (Lipinski definition) is 3. The zero-order valence-corrected chi connectivity index (χ0v) is 13.6. The van der Waals surface area contributed by atoms with E-state index in [1.165, 1.54) is 18.4 Å². The van der Waals surface area contributed by atoms with Gasteiger partial charge < -0.3 is 11.1 Å². The predicted molar refractivity (Wildman–Crippen MR) is 90.2 cm³/mol. The van der Waals surface area contributed by atoms with E-state index in [0.717, 1.165) is 30.8 Å². The lowest BCUT2D eigenvalue weighted by molar-refractivity contribution is -0.124. The van der Waals surface area contributed by atoms with Crippen molar-refractivity contribution >= 4 is 17.7 Å². The zero-order chi connectivity index (χ0) is 15.1. The van der Waals surface area contributed by atoms with Crippen LogP contribution in [0.5, 0.6) is 0 Å². The van der Waals surface area contributed by atoms with Crippen LogP contribution in [-0.2, 0) is 10.5 Å². The Balaban J connectivity index is 1.60. The summed E-state index contributed by atoms with van der Waals surface area (Å²) >= 11 is 1.95. The summed E-state index contributed by atoms with van der Waals surface area (Å²) in [6, 6.07) is 11.0. The van der Waals surface area contributed by atoms with E-state index < -0.39 is 5.54 Å². The van der Waals surface area contributed by atoms with Gasteiger partial charge in [-0.05, 0) is 43.9 Å². The monoisotopic (exact) mass is 306 g/mol. The Morgan fingerprint density at radius 2 is 2.05 bits per heavy atom. The lowest BCUT2D eigenvalue weighted by Gasteiger charge is -2.27. The molecule has 4 heteroatoms. The number of nitrogens with one attached hydrogen (secondary N) is 1. The number of hydrogen-bond donors (Lipinski definition) is 2. The van der Waals surface area contributed by atoms with Gasteiger partial charge in [-0.1, -0.05) is 36.8 Å². The molecule has 0 heterocycles. The van der Waals surface area contributed by atoms with Crippen LogP contribution in [0.4, 0.5) is 0 Å². The normalized spacial score (nSPS) is 17.4. The number of primary amides is 1. The number of thioether (sulfide) groups is 1. The molecule has 0 radical (unpaired) electrons. The van der Waals surface area contributed by atoms with E-state index in [1.54, 1.807) is 0 Å². The molecule has 0 aliphatic heterocycles. The molecule has 3 nitrogen and oxygen atoms in total. The van der Waals surface area contributed by atoms with Crippen LogP contribution in [0.2, 0.25) is 0 Å². The van der Waals surface area contributed by atoms with Crippen molar-refractivity contribution in [2.24, 2.45) is 5.73 Å². The first-order chi connectivity index (χ1) is 10.1. The third-order valence-corrected chi connectivity index (χ3v) is 5.09. The highest BCUT2D eigenvalue weighted by Crippen LogP contribution is 2.25. The van der Waals surface area contributed by atoms with Gasteiger partial charge in [0.15, 0.2) is 0 Å². The van der Waals surface area contributed by atoms with Crippen LogP contribution < -0.4 is 11.1 Å². The highest BCUT2D eigenvalue weighted by molar-refractivity contribution is 7.98. The Morgan fingerprint density at radius 1 is 1.33 bits per heavy atom. The van der Waals surface area contributed by atoms with Gasteiger partial charge in [-0.15, -0.1) is 0 Å². The van der Waals surface area contributed by atoms with E-state index in [9.17, 15) is 4.79 Å². The molecular formula is C17H26N2OS. The van der Waals surface area contributed by atoms with E-state index in [-0.39, 0.29) is 5.91 Å². The number of nitrogens with two attached hydrogens (primary N) is 1. The summed E-state index contributed by atoms with van der Waals surface area (Å²) in [6.07, 6.45) is 5.37. The number of unbranched alkanes of at least 4 members (excludes halogenated alkanes) is 1. The lowest BCUT2D eigenvalue weighted by Crippen LogP contribution is -2.53. The molecule has 1 fully saturated rings. The predicted octanol–water partition coefficient (Wildman–Crippen LogP) is 3.09. The largest absolute Gasteiger partial charge is 0.368 e. The Labute approximate surface area is 132 Å². The summed E-state index contributed by atoms with van der Waals surface area (Å²) in [7, 11) is 0. The van der Waals surface area contributed by atoms with E-state index in [4.69, 9.17) is 5.73 Å². The van der Waals surface area contributed by atoms with E-state index in [0.29, 0.717) is 6.04 Å². The molecule has 21 heavy (non-hydrogen) atoms. The van der Waals surface area contributed by atoms with Gasteiger partial charge in [0.1, 0.15) is 0 Å². The molecule has 0 saturated heterocycles. The summed E-state index contributed by atoms with van der Waals surface area (Å²) in [5, 5.41) is 3.40. The van der Waals surface area contributed by atoms with Crippen LogP contribution in [0.1, 0.15) is 44.6 Å². The van der Waals surface area contributed by atoms with Crippen molar-refractivity contribution in [2.45, 2.75) is 56.4 Å². The average molecular weight is 306 g/mol. The van der Waals surface area contributed by atoms with Gasteiger partial charge in [0.2, 0.25) is 5.91 Å². The fourth-order valence-electron chi connectivity index (χ4n) is 2.39. The molecule has 1 aromatic rings. The van der Waals surface area contributed by atoms with E-state index in [1.807, 2.05) is 24.8 Å². The fraction of sp³-hybridized carbons (Fsp3) is 0.588. The van der Waals surface area contributed by atoms with Crippen LogP contribution >= 0.6 is 11.8 Å². The molecule has 1 saturated carbocycles. The van der Waals surface area contributed by atoms with Crippen molar-refractivity contribution in [1.29, 1.82) is 0 Å². The van der Waals surface area contributed by atoms with Crippen LogP contribution in [0.3, 0.4) is 0 Å². The first-order valence-corrected chi connectivity index (χ1v) is 8.95. The van der Waals surface area contributed by atoms with Crippen LogP contribution in [0.15, 0.2) is 30.3 Å². The SMILES string of the molecule is CC(CCCCSCc1ccccc1)(NC1CC1)C(N)=O. The van der Waals surface area contributed by atoms with E-state index >= 15 is 0 Å². The Morgan fingerprint density at radius 3 is 2.67 bits per heavy atom. The molecule has 1 atom stereocenters. The standard InChI is InChI=1S/C17H26N2OS/c1-17(16(18)20,19-15-9-10-15)11-5-6-12-21-13-14-7-3-2-4-8-14/h2-4,7-8,15,19H,5-6,9-13H2,1H3,(H2,18,20). The molecule has 0 spiro atoms. The van der Waals surface area contributed by atoms with Gasteiger partial charge in [0.25, 0.3) is 0 Å².